The molecule has 0 aliphatic rings. The number of carbonyl (C=O) groups is 1. The minimum absolute atomic E-state index is 0.479. The van der Waals surface area contributed by atoms with Crippen molar-refractivity contribution in [1.29, 1.82) is 0 Å². The van der Waals surface area contributed by atoms with Gasteiger partial charge in [-0.2, -0.15) is 39.5 Å². The van der Waals surface area contributed by atoms with Crippen molar-refractivity contribution in [2.24, 2.45) is 0 Å². The first-order chi connectivity index (χ1) is 8.09. The van der Waals surface area contributed by atoms with Crippen LogP contribution in [0.5, 0.6) is 0 Å². The first kappa shape index (κ1) is 17.6. The molecular formula is C8H5F9O2. The Morgan fingerprint density at radius 3 is 1.53 bits per heavy atom. The lowest BCUT2D eigenvalue weighted by Crippen LogP contribution is -2.61. The first-order valence-electron chi connectivity index (χ1n) is 4.21. The molecule has 0 spiro atoms. The molecule has 0 fully saturated rings. The molecule has 0 unspecified atom stereocenters. The lowest BCUT2D eigenvalue weighted by atomic mass is 10.0. The molecular weight excluding hydrogens is 299 g/mol. The molecule has 0 heterocycles. The third kappa shape index (κ3) is 2.78. The van der Waals surface area contributed by atoms with Crippen molar-refractivity contribution in [1.82, 2.24) is 0 Å². The molecule has 0 aromatic carbocycles. The van der Waals surface area contributed by atoms with Crippen LogP contribution in [0.4, 0.5) is 39.5 Å². The maximum atomic E-state index is 12.8. The Morgan fingerprint density at radius 2 is 1.26 bits per heavy atom. The van der Waals surface area contributed by atoms with Crippen LogP contribution < -0.4 is 0 Å². The maximum absolute atomic E-state index is 12.8. The van der Waals surface area contributed by atoms with Gasteiger partial charge in [0.1, 0.15) is 0 Å². The third-order valence-corrected chi connectivity index (χ3v) is 1.81. The average Bonchev–Trinajstić information content (AvgIpc) is 2.13. The fourth-order valence-corrected chi connectivity index (χ4v) is 0.819. The van der Waals surface area contributed by atoms with E-state index >= 15 is 0 Å². The molecule has 2 nitrogen and oxygen atoms in total. The van der Waals surface area contributed by atoms with Crippen molar-refractivity contribution >= 4 is 5.78 Å². The van der Waals surface area contributed by atoms with E-state index in [-0.39, 0.29) is 0 Å². The molecule has 0 aliphatic carbocycles. The summed E-state index contributed by atoms with van der Waals surface area (Å²) in [5.41, 5.74) is 0. The summed E-state index contributed by atoms with van der Waals surface area (Å²) in [4.78, 5) is 10.3. The summed E-state index contributed by atoms with van der Waals surface area (Å²) in [7, 11) is 0. The molecule has 0 atom stereocenters. The molecule has 11 heteroatoms. The summed E-state index contributed by atoms with van der Waals surface area (Å²) >= 11 is 0. The SMILES string of the molecule is CC(=O)/C=C(/O)C(F)(F)C(F)(F)C(F)(F)C(F)(F)F. The zero-order chi connectivity index (χ0) is 15.9. The van der Waals surface area contributed by atoms with Gasteiger partial charge in [0, 0.05) is 6.08 Å². The van der Waals surface area contributed by atoms with Crippen molar-refractivity contribution in [3.05, 3.63) is 11.8 Å². The van der Waals surface area contributed by atoms with E-state index in [0.29, 0.717) is 6.92 Å². The Bertz CT molecular complexity index is 394. The standard InChI is InChI=1S/C8H5F9O2/c1-3(18)2-4(19)5(9,10)6(11,12)7(13,14)8(15,16)17/h2,19H,1H3/b4-2+. The van der Waals surface area contributed by atoms with Gasteiger partial charge in [0.05, 0.1) is 0 Å². The minimum atomic E-state index is -7.11. The van der Waals surface area contributed by atoms with E-state index in [0.717, 1.165) is 0 Å². The van der Waals surface area contributed by atoms with Crippen LogP contribution in [0.15, 0.2) is 11.8 Å². The molecule has 0 saturated heterocycles. The van der Waals surface area contributed by atoms with Gasteiger partial charge in [-0.3, -0.25) is 4.79 Å². The summed E-state index contributed by atoms with van der Waals surface area (Å²) in [6.07, 6.45) is -7.56. The Balaban J connectivity index is 5.84. The van der Waals surface area contributed by atoms with Crippen molar-refractivity contribution in [2.45, 2.75) is 30.9 Å². The summed E-state index contributed by atoms with van der Waals surface area (Å²) in [6, 6.07) is 0. The van der Waals surface area contributed by atoms with Gasteiger partial charge in [0.25, 0.3) is 0 Å². The van der Waals surface area contributed by atoms with E-state index in [2.05, 4.69) is 0 Å². The number of hydrogen-bond donors (Lipinski definition) is 1. The normalized spacial score (nSPS) is 15.6. The van der Waals surface area contributed by atoms with Gasteiger partial charge >= 0.3 is 23.9 Å². The number of carbonyl (C=O) groups excluding carboxylic acids is 1. The van der Waals surface area contributed by atoms with Gasteiger partial charge in [0.15, 0.2) is 11.5 Å². The molecule has 19 heavy (non-hydrogen) atoms. The van der Waals surface area contributed by atoms with Crippen LogP contribution in [0.1, 0.15) is 6.92 Å². The molecule has 0 bridgehead atoms. The lowest BCUT2D eigenvalue weighted by molar-refractivity contribution is -0.392. The number of allylic oxidation sites excluding steroid dienone is 2. The highest BCUT2D eigenvalue weighted by Gasteiger charge is 2.82. The van der Waals surface area contributed by atoms with Crippen molar-refractivity contribution < 1.29 is 49.4 Å². The fraction of sp³-hybridized carbons (Fsp3) is 0.625. The quantitative estimate of drug-likeness (QED) is 0.490. The number of aliphatic hydroxyl groups excluding tert-OH is 1. The van der Waals surface area contributed by atoms with Gasteiger partial charge in [0.2, 0.25) is 0 Å². The minimum Gasteiger partial charge on any atom is -0.506 e. The highest BCUT2D eigenvalue weighted by molar-refractivity contribution is 5.87. The summed E-state index contributed by atoms with van der Waals surface area (Å²) in [5.74, 6) is -24.7. The predicted molar refractivity (Wildman–Crippen MR) is 42.3 cm³/mol. The van der Waals surface area contributed by atoms with Gasteiger partial charge in [-0.1, -0.05) is 0 Å². The smallest absolute Gasteiger partial charge is 0.460 e. The van der Waals surface area contributed by atoms with Crippen LogP contribution in [0, 0.1) is 0 Å². The number of rotatable bonds is 4. The molecule has 0 saturated carbocycles. The Morgan fingerprint density at radius 1 is 0.895 bits per heavy atom. The van der Waals surface area contributed by atoms with E-state index < -0.39 is 41.6 Å². The molecule has 0 rings (SSSR count). The molecule has 0 aromatic rings. The van der Waals surface area contributed by atoms with Crippen LogP contribution in [-0.4, -0.2) is 34.8 Å². The molecule has 0 aliphatic heterocycles. The Labute approximate surface area is 99.0 Å². The van der Waals surface area contributed by atoms with Crippen LogP contribution >= 0.6 is 0 Å². The second kappa shape index (κ2) is 4.60. The highest BCUT2D eigenvalue weighted by atomic mass is 19.4. The third-order valence-electron chi connectivity index (χ3n) is 1.81. The second-order valence-corrected chi connectivity index (χ2v) is 3.36. The van der Waals surface area contributed by atoms with Crippen molar-refractivity contribution in [3.63, 3.8) is 0 Å². The molecule has 0 amide bonds. The van der Waals surface area contributed by atoms with E-state index in [1.165, 1.54) is 0 Å². The van der Waals surface area contributed by atoms with Crippen molar-refractivity contribution in [2.75, 3.05) is 0 Å². The number of halogens is 9. The predicted octanol–water partition coefficient (Wildman–Crippen LogP) is 3.49. The largest absolute Gasteiger partial charge is 0.506 e. The van der Waals surface area contributed by atoms with Crippen LogP contribution in [0.3, 0.4) is 0 Å². The second-order valence-electron chi connectivity index (χ2n) is 3.36. The van der Waals surface area contributed by atoms with Crippen LogP contribution in [0.25, 0.3) is 0 Å². The number of alkyl halides is 9. The van der Waals surface area contributed by atoms with Crippen LogP contribution in [0.2, 0.25) is 0 Å². The highest BCUT2D eigenvalue weighted by Crippen LogP contribution is 2.54. The summed E-state index contributed by atoms with van der Waals surface area (Å²) < 4.78 is 110. The first-order valence-corrected chi connectivity index (χ1v) is 4.21. The van der Waals surface area contributed by atoms with E-state index in [1.807, 2.05) is 0 Å². The molecule has 1 N–H and O–H groups in total. The molecule has 0 aromatic heterocycles. The van der Waals surface area contributed by atoms with E-state index in [1.54, 1.807) is 0 Å². The van der Waals surface area contributed by atoms with Gasteiger partial charge in [-0.05, 0) is 6.92 Å². The molecule has 0 radical (unpaired) electrons. The van der Waals surface area contributed by atoms with Gasteiger partial charge in [-0.15, -0.1) is 0 Å². The zero-order valence-corrected chi connectivity index (χ0v) is 8.83. The van der Waals surface area contributed by atoms with Gasteiger partial charge < -0.3 is 5.11 Å². The topological polar surface area (TPSA) is 37.3 Å². The van der Waals surface area contributed by atoms with Crippen molar-refractivity contribution in [3.8, 4) is 0 Å². The molecule has 112 valence electrons. The number of hydrogen-bond acceptors (Lipinski definition) is 2. The fourth-order valence-electron chi connectivity index (χ4n) is 0.819. The lowest BCUT2D eigenvalue weighted by Gasteiger charge is -2.33. The van der Waals surface area contributed by atoms with Crippen LogP contribution in [-0.2, 0) is 4.79 Å². The number of aliphatic hydroxyl groups is 1. The van der Waals surface area contributed by atoms with E-state index in [4.69, 9.17) is 5.11 Å². The van der Waals surface area contributed by atoms with Gasteiger partial charge in [-0.25, -0.2) is 0 Å². The van der Waals surface area contributed by atoms with E-state index in [9.17, 15) is 44.3 Å². The summed E-state index contributed by atoms with van der Waals surface area (Å²) in [6.45, 7) is 0.479. The Kier molecular flexibility index (Phi) is 4.26. The summed E-state index contributed by atoms with van der Waals surface area (Å²) in [5, 5.41) is 8.42. The Hall–Kier alpha value is -1.42. The average molecular weight is 304 g/mol. The maximum Gasteiger partial charge on any atom is 0.460 e. The monoisotopic (exact) mass is 304 g/mol. The number of ketones is 1. The zero-order valence-electron chi connectivity index (χ0n) is 8.83.